The summed E-state index contributed by atoms with van der Waals surface area (Å²) in [5.41, 5.74) is 16.6. The zero-order valence-corrected chi connectivity index (χ0v) is 85.2. The fourth-order valence-electron chi connectivity index (χ4n) is 15.6. The molecule has 7 aromatic rings. The van der Waals surface area contributed by atoms with Crippen LogP contribution in [-0.2, 0) is 11.2 Å². The number of aryl methyl sites for hydroxylation is 1. The van der Waals surface area contributed by atoms with Crippen LogP contribution in [0.1, 0.15) is 281 Å². The van der Waals surface area contributed by atoms with E-state index in [1.54, 1.807) is 12.1 Å². The van der Waals surface area contributed by atoms with Crippen LogP contribution in [0.4, 0.5) is 22.9 Å². The van der Waals surface area contributed by atoms with Gasteiger partial charge in [-0.05, 0) is 286 Å². The Balaban J connectivity index is 0.000000252. The van der Waals surface area contributed by atoms with E-state index in [4.69, 9.17) is 9.47 Å². The molecule has 1 aromatic heterocycles. The van der Waals surface area contributed by atoms with E-state index in [-0.39, 0.29) is 17.4 Å². The quantitative estimate of drug-likeness (QED) is 0.0627. The predicted molar refractivity (Wildman–Crippen MR) is 552 cm³/mol. The van der Waals surface area contributed by atoms with Crippen molar-refractivity contribution in [2.75, 3.05) is 200 Å². The molecule has 7 aliphatic rings. The second-order valence-electron chi connectivity index (χ2n) is 39.2. The second kappa shape index (κ2) is 60.2. The minimum Gasteiger partial charge on any atom is -0.508 e. The molecule has 14 rings (SSSR count). The van der Waals surface area contributed by atoms with Crippen LogP contribution in [0, 0.1) is 12.8 Å². The average Bonchev–Trinajstić information content (AvgIpc) is 1.19. The van der Waals surface area contributed by atoms with Crippen LogP contribution in [0.5, 0.6) is 17.2 Å². The van der Waals surface area contributed by atoms with Crippen molar-refractivity contribution in [2.24, 2.45) is 10.9 Å². The SMILES string of the molecule is CC(C)C1=NC=CC1.CC(C)N1CCN(C)CC1.CC(C)N1CCOCC1.CC(C)c1ccc(CCN2CCCC2)cc1.CC(C)c1ccc(N(C)C)cc1.CC(C)c1ccc(N2CCCC2)cc1.CC(C)c1ccc(N2CCN(C)CC2)cc1.CC(C)c1ccc(OCCCN(C)C)cc1.CC(C)c1cccc(N2CCCC2)n1.Cc1cc(O)c(C(C)C)c(O)c1. The summed E-state index contributed by atoms with van der Waals surface area (Å²) in [7, 11) is 12.7. The van der Waals surface area contributed by atoms with Crippen LogP contribution >= 0.6 is 0 Å². The van der Waals surface area contributed by atoms with Crippen molar-refractivity contribution in [3.05, 3.63) is 214 Å². The van der Waals surface area contributed by atoms with Crippen molar-refractivity contribution in [3.63, 3.8) is 0 Å². The first-order chi connectivity index (χ1) is 60.5. The number of nitrogens with zero attached hydrogens (tertiary/aromatic N) is 12. The molecule has 6 fully saturated rings. The Morgan fingerprint density at radius 2 is 0.835 bits per heavy atom. The number of hydrogen-bond donors (Lipinski definition) is 2. The third-order valence-corrected chi connectivity index (χ3v) is 24.7. The maximum absolute atomic E-state index is 9.48. The Labute approximate surface area is 776 Å². The maximum atomic E-state index is 9.48. The Bertz CT molecular complexity index is 3990. The maximum Gasteiger partial charge on any atom is 0.128 e. The first kappa shape index (κ1) is 110. The fourth-order valence-corrected chi connectivity index (χ4v) is 15.6. The lowest BCUT2D eigenvalue weighted by molar-refractivity contribution is 0.0238. The van der Waals surface area contributed by atoms with Gasteiger partial charge in [0.05, 0.1) is 19.8 Å². The molecule has 0 bridgehead atoms. The third kappa shape index (κ3) is 43.2. The third-order valence-electron chi connectivity index (χ3n) is 24.7. The van der Waals surface area contributed by atoms with Gasteiger partial charge in [-0.15, -0.1) is 0 Å². The van der Waals surface area contributed by atoms with E-state index in [1.807, 2.05) is 27.0 Å². The molecular weight excluding hydrogens is 1570 g/mol. The van der Waals surface area contributed by atoms with E-state index >= 15 is 0 Å². The molecule has 6 aromatic carbocycles. The molecule has 16 nitrogen and oxygen atoms in total. The summed E-state index contributed by atoms with van der Waals surface area (Å²) in [6.07, 6.45) is 15.4. The van der Waals surface area contributed by atoms with Gasteiger partial charge in [0.25, 0.3) is 0 Å². The smallest absolute Gasteiger partial charge is 0.128 e. The molecule has 127 heavy (non-hydrogen) atoms. The Morgan fingerprint density at radius 1 is 0.425 bits per heavy atom. The number of phenolic OH excluding ortho intramolecular Hbond substituents is 2. The van der Waals surface area contributed by atoms with Gasteiger partial charge in [-0.1, -0.05) is 196 Å². The number of likely N-dealkylation sites (N-methyl/N-ethyl adjacent to an activating group) is 2. The number of ether oxygens (including phenoxy) is 2. The lowest BCUT2D eigenvalue weighted by atomic mass is 9.99. The van der Waals surface area contributed by atoms with Crippen LogP contribution in [0.2, 0.25) is 0 Å². The molecule has 2 N–H and O–H groups in total. The highest BCUT2D eigenvalue weighted by Crippen LogP contribution is 2.35. The standard InChI is InChI=1S/C15H23N.C14H22N2.C14H23NO.C13H19N.C12H18N2.C11H17N.C10H14O2.C8H18N2.C7H15NO.C7H11N/c1-13(2)15-7-5-14(6-8-15)9-12-16-10-3-4-11-16;1-12(2)13-4-6-14(7-5-13)16-10-8-15(3)9-11-16;1-12(2)13-6-8-14(9-7-13)16-11-5-10-15(3)4;1-11(2)12-5-7-13(8-6-12)14-9-3-4-10-14;1-10(2)11-6-5-7-12(13-11)14-8-3-4-9-14;1-9(2)10-5-7-11(8-6-10)12(3)4;1-6(2)10-8(11)4-7(3)5-9(10)12;1-8(2)10-6-4-9(3)5-7-10;1-7(2)8-3-5-9-6-4-8;1-6(2)7-4-3-5-8-7/h5-8,13H,3-4,9-12H2,1-2H3;4-7,12H,8-11H2,1-3H3;6-9,12H,5,10-11H2,1-4H3;5-8,11H,3-4,9-10H2,1-2H3;5-7,10H,3-4,8-9H2,1-2H3;5-9H,1-4H3;4-6,11-12H,1-3H3;8H,4-7H2,1-3H3;7H,3-6H2,1-2H3;3,5-6H,4H2,1-2H3. The predicted octanol–water partition coefficient (Wildman–Crippen LogP) is 24.1. The largest absolute Gasteiger partial charge is 0.508 e. The molecule has 0 atom stereocenters. The number of aromatic hydroxyl groups is 2. The molecule has 708 valence electrons. The summed E-state index contributed by atoms with van der Waals surface area (Å²) in [6, 6.07) is 55.5. The topological polar surface area (TPSA) is 117 Å². The molecule has 0 unspecified atom stereocenters. The number of anilines is 4. The van der Waals surface area contributed by atoms with E-state index in [0.29, 0.717) is 53.0 Å². The number of aliphatic imine (C=N–C) groups is 1. The number of likely N-dealkylation sites (tertiary alicyclic amines) is 1. The van der Waals surface area contributed by atoms with Crippen molar-refractivity contribution in [2.45, 2.75) is 257 Å². The second-order valence-corrected chi connectivity index (χ2v) is 39.2. The highest BCUT2D eigenvalue weighted by molar-refractivity contribution is 5.89. The molecule has 0 amide bonds. The first-order valence-electron chi connectivity index (χ1n) is 49.0. The van der Waals surface area contributed by atoms with Crippen molar-refractivity contribution in [1.82, 2.24) is 34.4 Å². The van der Waals surface area contributed by atoms with E-state index in [9.17, 15) is 10.2 Å². The van der Waals surface area contributed by atoms with Gasteiger partial charge in [-0.25, -0.2) is 4.98 Å². The first-order valence-corrected chi connectivity index (χ1v) is 49.0. The number of aromatic nitrogens is 1. The van der Waals surface area contributed by atoms with Crippen molar-refractivity contribution in [3.8, 4) is 17.2 Å². The number of hydrogen-bond acceptors (Lipinski definition) is 16. The fraction of sp³-hybridized carbons (Fsp3) is 0.604. The van der Waals surface area contributed by atoms with Gasteiger partial charge in [-0.3, -0.25) is 14.8 Å². The lowest BCUT2D eigenvalue weighted by Gasteiger charge is -2.34. The Kier molecular flexibility index (Phi) is 52.0. The minimum atomic E-state index is 0.144. The highest BCUT2D eigenvalue weighted by atomic mass is 16.5. The number of allylic oxidation sites excluding steroid dienone is 1. The monoisotopic (exact) mass is 1750 g/mol. The summed E-state index contributed by atoms with van der Waals surface area (Å²) in [4.78, 5) is 32.8. The van der Waals surface area contributed by atoms with Crippen molar-refractivity contribution >= 4 is 28.6 Å². The summed E-state index contributed by atoms with van der Waals surface area (Å²) >= 11 is 0. The van der Waals surface area contributed by atoms with Gasteiger partial charge in [0.15, 0.2) is 0 Å². The lowest BCUT2D eigenvalue weighted by Crippen LogP contribution is -2.47. The van der Waals surface area contributed by atoms with Crippen LogP contribution in [0.25, 0.3) is 0 Å². The highest BCUT2D eigenvalue weighted by Gasteiger charge is 2.20. The molecule has 16 heteroatoms. The Morgan fingerprint density at radius 3 is 1.22 bits per heavy atom. The molecule has 0 spiro atoms. The van der Waals surface area contributed by atoms with Crippen LogP contribution in [-0.4, -0.2) is 242 Å². The normalized spacial score (nSPS) is 16.1. The van der Waals surface area contributed by atoms with Gasteiger partial charge >= 0.3 is 0 Å². The summed E-state index contributed by atoms with van der Waals surface area (Å²) in [6.45, 7) is 69.9. The summed E-state index contributed by atoms with van der Waals surface area (Å²) in [5.74, 6) is 6.93. The number of piperazine rings is 2. The average molecular weight is 1750 g/mol. The zero-order chi connectivity index (χ0) is 93.5. The van der Waals surface area contributed by atoms with E-state index < -0.39 is 0 Å². The van der Waals surface area contributed by atoms with E-state index in [2.05, 4.69) is 371 Å². The van der Waals surface area contributed by atoms with E-state index in [0.717, 1.165) is 88.6 Å². The number of pyridine rings is 1. The summed E-state index contributed by atoms with van der Waals surface area (Å²) < 4.78 is 10.9. The van der Waals surface area contributed by atoms with Crippen molar-refractivity contribution in [1.29, 1.82) is 0 Å². The van der Waals surface area contributed by atoms with Crippen molar-refractivity contribution < 1.29 is 19.7 Å². The number of phenols is 2. The molecule has 8 heterocycles. The van der Waals surface area contributed by atoms with Crippen LogP contribution in [0.3, 0.4) is 0 Å². The summed E-state index contributed by atoms with van der Waals surface area (Å²) in [5, 5.41) is 19.0. The molecular formula is C111H180N12O4. The molecule has 7 aliphatic heterocycles. The molecule has 0 radical (unpaired) electrons. The number of morpholine rings is 1. The zero-order valence-electron chi connectivity index (χ0n) is 85.2. The van der Waals surface area contributed by atoms with Crippen LogP contribution in [0.15, 0.2) is 169 Å². The van der Waals surface area contributed by atoms with Gasteiger partial charge in [0.2, 0.25) is 0 Å². The number of rotatable bonds is 22. The van der Waals surface area contributed by atoms with Gasteiger partial charge in [0.1, 0.15) is 23.1 Å². The van der Waals surface area contributed by atoms with Gasteiger partial charge in [-0.2, -0.15) is 0 Å². The Hall–Kier alpha value is -7.80. The number of benzene rings is 6. The molecule has 0 aliphatic carbocycles. The van der Waals surface area contributed by atoms with Crippen LogP contribution < -0.4 is 24.3 Å². The van der Waals surface area contributed by atoms with Gasteiger partial charge < -0.3 is 58.9 Å². The van der Waals surface area contributed by atoms with E-state index in [1.165, 1.54) is 192 Å². The minimum absolute atomic E-state index is 0.144. The molecule has 0 saturated carbocycles. The molecule has 6 saturated heterocycles. The van der Waals surface area contributed by atoms with Gasteiger partial charge in [0, 0.05) is 178 Å².